The van der Waals surface area contributed by atoms with Crippen molar-refractivity contribution in [1.29, 1.82) is 0 Å². The molecule has 1 aliphatic carbocycles. The number of benzene rings is 2. The molecule has 0 bridgehead atoms. The SMILES string of the molecule is [C-]#[N+]c1c(-c2ccc(Oc3cc(F)cc(OCc4cncn4C)c3)cc2F)nn(C2CCCC2)c1N. The van der Waals surface area contributed by atoms with E-state index in [1.54, 1.807) is 21.8 Å². The van der Waals surface area contributed by atoms with Crippen LogP contribution in [0.1, 0.15) is 37.4 Å². The molecule has 2 heterocycles. The van der Waals surface area contributed by atoms with Crippen LogP contribution >= 0.6 is 0 Å². The molecule has 0 aliphatic heterocycles. The molecule has 0 spiro atoms. The Balaban J connectivity index is 1.37. The number of nitrogen functional groups attached to an aromatic ring is 1. The number of aromatic nitrogens is 4. The number of rotatable bonds is 7. The summed E-state index contributed by atoms with van der Waals surface area (Å²) in [5, 5.41) is 4.50. The quantitative estimate of drug-likeness (QED) is 0.313. The molecule has 2 aromatic carbocycles. The first-order chi connectivity index (χ1) is 17.4. The topological polar surface area (TPSA) is 84.5 Å². The second-order valence-corrected chi connectivity index (χ2v) is 8.73. The molecule has 8 nitrogen and oxygen atoms in total. The van der Waals surface area contributed by atoms with Crippen molar-refractivity contribution in [1.82, 2.24) is 19.3 Å². The van der Waals surface area contributed by atoms with Crippen LogP contribution in [0.4, 0.5) is 20.3 Å². The van der Waals surface area contributed by atoms with E-state index in [2.05, 4.69) is 14.9 Å². The van der Waals surface area contributed by atoms with E-state index in [-0.39, 0.29) is 52.7 Å². The minimum Gasteiger partial charge on any atom is -0.487 e. The van der Waals surface area contributed by atoms with Crippen LogP contribution in [0.3, 0.4) is 0 Å². The van der Waals surface area contributed by atoms with Crippen molar-refractivity contribution in [2.45, 2.75) is 38.3 Å². The van der Waals surface area contributed by atoms with E-state index < -0.39 is 11.6 Å². The summed E-state index contributed by atoms with van der Waals surface area (Å²) in [7, 11) is 1.83. The molecule has 1 fully saturated rings. The molecule has 10 heteroatoms. The highest BCUT2D eigenvalue weighted by Gasteiger charge is 2.26. The third-order valence-corrected chi connectivity index (χ3v) is 6.28. The van der Waals surface area contributed by atoms with Crippen molar-refractivity contribution in [2.24, 2.45) is 7.05 Å². The highest BCUT2D eigenvalue weighted by molar-refractivity contribution is 5.83. The molecule has 0 radical (unpaired) electrons. The standard InChI is InChI=1S/C26H24F2N6O2/c1-30-25-24(32-34(26(25)29)17-5-3-4-6-17)22-8-7-19(12-23(22)28)36-21-10-16(27)9-20(11-21)35-14-18-13-31-15-33(18)2/h7-13,15,17H,3-6,14,29H2,2H3. The van der Waals surface area contributed by atoms with Gasteiger partial charge in [0.1, 0.15) is 47.0 Å². The predicted octanol–water partition coefficient (Wildman–Crippen LogP) is 6.18. The summed E-state index contributed by atoms with van der Waals surface area (Å²) in [6.07, 6.45) is 7.31. The zero-order valence-electron chi connectivity index (χ0n) is 19.6. The molecular weight excluding hydrogens is 466 g/mol. The summed E-state index contributed by atoms with van der Waals surface area (Å²) >= 11 is 0. The van der Waals surface area contributed by atoms with Crippen LogP contribution in [0.5, 0.6) is 17.2 Å². The lowest BCUT2D eigenvalue weighted by atomic mass is 10.1. The van der Waals surface area contributed by atoms with Crippen molar-refractivity contribution in [3.05, 3.63) is 77.7 Å². The largest absolute Gasteiger partial charge is 0.487 e. The zero-order valence-corrected chi connectivity index (χ0v) is 19.6. The van der Waals surface area contributed by atoms with E-state index in [4.69, 9.17) is 21.8 Å². The molecule has 0 unspecified atom stereocenters. The smallest absolute Gasteiger partial charge is 0.254 e. The molecule has 1 saturated carbocycles. The highest BCUT2D eigenvalue weighted by Crippen LogP contribution is 2.41. The molecule has 4 aromatic rings. The van der Waals surface area contributed by atoms with Crippen LogP contribution in [-0.2, 0) is 13.7 Å². The number of hydrogen-bond donors (Lipinski definition) is 1. The molecule has 36 heavy (non-hydrogen) atoms. The molecule has 0 saturated heterocycles. The van der Waals surface area contributed by atoms with Crippen LogP contribution in [0.25, 0.3) is 16.1 Å². The summed E-state index contributed by atoms with van der Waals surface area (Å²) in [5.41, 5.74) is 7.49. The van der Waals surface area contributed by atoms with E-state index in [1.807, 2.05) is 7.05 Å². The zero-order chi connectivity index (χ0) is 25.2. The lowest BCUT2D eigenvalue weighted by molar-refractivity contribution is 0.294. The Morgan fingerprint density at radius 3 is 2.58 bits per heavy atom. The van der Waals surface area contributed by atoms with Gasteiger partial charge in [-0.3, -0.25) is 4.68 Å². The van der Waals surface area contributed by atoms with E-state index in [0.717, 1.165) is 31.4 Å². The van der Waals surface area contributed by atoms with Gasteiger partial charge in [0.15, 0.2) is 0 Å². The average molecular weight is 491 g/mol. The molecule has 5 rings (SSSR count). The van der Waals surface area contributed by atoms with Crippen LogP contribution in [0, 0.1) is 18.2 Å². The van der Waals surface area contributed by atoms with Crippen LogP contribution < -0.4 is 15.2 Å². The maximum Gasteiger partial charge on any atom is 0.254 e. The van der Waals surface area contributed by atoms with Crippen LogP contribution in [0.2, 0.25) is 0 Å². The molecule has 0 amide bonds. The molecule has 184 valence electrons. The number of anilines is 1. The van der Waals surface area contributed by atoms with E-state index >= 15 is 4.39 Å². The summed E-state index contributed by atoms with van der Waals surface area (Å²) in [6, 6.07) is 8.26. The third kappa shape index (κ3) is 4.60. The van der Waals surface area contributed by atoms with Crippen LogP contribution in [-0.4, -0.2) is 19.3 Å². The van der Waals surface area contributed by atoms with Gasteiger partial charge in [0.25, 0.3) is 5.69 Å². The van der Waals surface area contributed by atoms with Crippen molar-refractivity contribution in [2.75, 3.05) is 5.73 Å². The van der Waals surface area contributed by atoms with Gasteiger partial charge in [-0.25, -0.2) is 18.6 Å². The predicted molar refractivity (Wildman–Crippen MR) is 130 cm³/mol. The summed E-state index contributed by atoms with van der Waals surface area (Å²) in [6.45, 7) is 7.74. The molecule has 2 aromatic heterocycles. The Hall–Kier alpha value is -4.39. The van der Waals surface area contributed by atoms with Gasteiger partial charge >= 0.3 is 0 Å². The Labute approximate surface area is 206 Å². The Morgan fingerprint density at radius 1 is 1.11 bits per heavy atom. The second-order valence-electron chi connectivity index (χ2n) is 8.73. The Kier molecular flexibility index (Phi) is 6.29. The lowest BCUT2D eigenvalue weighted by Crippen LogP contribution is -2.09. The first-order valence-electron chi connectivity index (χ1n) is 11.5. The first-order valence-corrected chi connectivity index (χ1v) is 11.5. The van der Waals surface area contributed by atoms with Gasteiger partial charge in [-0.15, -0.1) is 0 Å². The van der Waals surface area contributed by atoms with Crippen LogP contribution in [0.15, 0.2) is 48.9 Å². The molecule has 1 aliphatic rings. The number of halogens is 2. The summed E-state index contributed by atoms with van der Waals surface area (Å²) in [4.78, 5) is 7.53. The van der Waals surface area contributed by atoms with E-state index in [0.29, 0.717) is 0 Å². The number of nitrogens with two attached hydrogens (primary N) is 1. The van der Waals surface area contributed by atoms with Gasteiger partial charge in [-0.1, -0.05) is 12.8 Å². The molecule has 0 atom stereocenters. The normalized spacial score (nSPS) is 13.6. The number of imidazole rings is 1. The number of ether oxygens (including phenoxy) is 2. The van der Waals surface area contributed by atoms with Crippen molar-refractivity contribution >= 4 is 11.5 Å². The van der Waals surface area contributed by atoms with Crippen molar-refractivity contribution < 1.29 is 18.3 Å². The van der Waals surface area contributed by atoms with Gasteiger partial charge in [-0.05, 0) is 25.0 Å². The minimum atomic E-state index is -0.627. The number of hydrogen-bond acceptors (Lipinski definition) is 5. The van der Waals surface area contributed by atoms with E-state index in [1.165, 1.54) is 36.4 Å². The highest BCUT2D eigenvalue weighted by atomic mass is 19.1. The fourth-order valence-corrected chi connectivity index (χ4v) is 4.41. The second kappa shape index (κ2) is 9.70. The monoisotopic (exact) mass is 490 g/mol. The number of aryl methyl sites for hydroxylation is 1. The Bertz CT molecular complexity index is 1450. The molecule has 2 N–H and O–H groups in total. The van der Waals surface area contributed by atoms with E-state index in [9.17, 15) is 4.39 Å². The van der Waals surface area contributed by atoms with Crippen molar-refractivity contribution in [3.63, 3.8) is 0 Å². The van der Waals surface area contributed by atoms with Crippen molar-refractivity contribution in [3.8, 4) is 28.5 Å². The molecular formula is C26H24F2N6O2. The maximum atomic E-state index is 15.2. The minimum absolute atomic E-state index is 0.118. The summed E-state index contributed by atoms with van der Waals surface area (Å²) < 4.78 is 44.2. The maximum absolute atomic E-state index is 15.2. The number of nitrogens with zero attached hydrogens (tertiary/aromatic N) is 5. The summed E-state index contributed by atoms with van der Waals surface area (Å²) in [5.74, 6) is -0.356. The first kappa shape index (κ1) is 23.4. The average Bonchev–Trinajstić information content (AvgIpc) is 3.58. The van der Waals surface area contributed by atoms with Gasteiger partial charge < -0.3 is 19.8 Å². The third-order valence-electron chi connectivity index (χ3n) is 6.28. The lowest BCUT2D eigenvalue weighted by Gasteiger charge is -2.12. The van der Waals surface area contributed by atoms with Gasteiger partial charge in [-0.2, -0.15) is 5.10 Å². The van der Waals surface area contributed by atoms with Gasteiger partial charge in [0.05, 0.1) is 30.8 Å². The van der Waals surface area contributed by atoms with Gasteiger partial charge in [0.2, 0.25) is 0 Å². The fraction of sp³-hybridized carbons (Fsp3) is 0.269. The Morgan fingerprint density at radius 2 is 1.89 bits per heavy atom. The fourth-order valence-electron chi connectivity index (χ4n) is 4.41. The van der Waals surface area contributed by atoms with Gasteiger partial charge in [0, 0.05) is 36.9 Å².